The Hall–Kier alpha value is -7.15. The van der Waals surface area contributed by atoms with Crippen molar-refractivity contribution in [1.82, 2.24) is 59.1 Å². The van der Waals surface area contributed by atoms with Crippen LogP contribution in [0.1, 0.15) is 113 Å². The second-order valence-electron chi connectivity index (χ2n) is 20.9. The van der Waals surface area contributed by atoms with E-state index in [0.717, 1.165) is 61.8 Å². The fourth-order valence-electron chi connectivity index (χ4n) is 11.3. The first-order chi connectivity index (χ1) is 38.4. The highest BCUT2D eigenvalue weighted by Gasteiger charge is 2.39. The number of carbonyl (C=O) groups is 1. The summed E-state index contributed by atoms with van der Waals surface area (Å²) < 4.78 is 26.4. The number of piperidine rings is 2. The maximum atomic E-state index is 12.7. The lowest BCUT2D eigenvalue weighted by Crippen LogP contribution is -2.54. The van der Waals surface area contributed by atoms with Crippen LogP contribution >= 0.6 is 0 Å². The molecule has 2 aromatic carbocycles. The number of aliphatic hydroxyl groups excluding tert-OH is 1. The van der Waals surface area contributed by atoms with Crippen LogP contribution in [-0.2, 0) is 32.0 Å². The minimum absolute atomic E-state index is 0.0106. The summed E-state index contributed by atoms with van der Waals surface area (Å²) in [7, 11) is 0. The van der Waals surface area contributed by atoms with E-state index in [-0.39, 0.29) is 53.5 Å². The summed E-state index contributed by atoms with van der Waals surface area (Å²) in [6.45, 7) is 13.3. The Morgan fingerprint density at radius 2 is 1.41 bits per heavy atom. The van der Waals surface area contributed by atoms with Crippen molar-refractivity contribution in [1.29, 1.82) is 0 Å². The first-order valence-corrected chi connectivity index (χ1v) is 27.7. The summed E-state index contributed by atoms with van der Waals surface area (Å²) in [6.07, 6.45) is 20.5. The predicted octanol–water partition coefficient (Wildman–Crippen LogP) is 4.64. The Balaban J connectivity index is 0.000000164. The van der Waals surface area contributed by atoms with Crippen molar-refractivity contribution in [2.24, 2.45) is 0 Å². The van der Waals surface area contributed by atoms with Gasteiger partial charge in [-0.15, -0.1) is 12.8 Å². The van der Waals surface area contributed by atoms with E-state index in [1.54, 1.807) is 9.13 Å². The van der Waals surface area contributed by atoms with Crippen molar-refractivity contribution in [3.63, 3.8) is 0 Å². The summed E-state index contributed by atoms with van der Waals surface area (Å²) in [5, 5.41) is 13.5. The SMILES string of the molecule is C#Cc1ccc(CN(CCOC(=O)OC2C[C@H](n3cnc4c(=O)[nH]c(N)nc43)O[C@@H]2CC)CC2CCCCN2)cc1.C#Cc1ccc(CN2CCN3CCCCC3C2)cc1.CC[C@H]1O[C@@H](n2cnc3c(=O)[nH]c(N)nc32)CC1O. The lowest BCUT2D eigenvalue weighted by Gasteiger charge is -2.44. The van der Waals surface area contributed by atoms with E-state index in [1.807, 2.05) is 50.2 Å². The molecule has 0 spiro atoms. The van der Waals surface area contributed by atoms with Gasteiger partial charge in [0.15, 0.2) is 22.3 Å². The van der Waals surface area contributed by atoms with Gasteiger partial charge in [0.25, 0.3) is 11.1 Å². The van der Waals surface area contributed by atoms with Crippen molar-refractivity contribution in [3.05, 3.63) is 104 Å². The number of nitrogens with two attached hydrogens (primary N) is 2. The summed E-state index contributed by atoms with van der Waals surface area (Å²) >= 11 is 0. The Kier molecular flexibility index (Phi) is 19.1. The van der Waals surface area contributed by atoms with E-state index in [9.17, 15) is 19.5 Å². The van der Waals surface area contributed by atoms with Crippen LogP contribution in [0.3, 0.4) is 0 Å². The minimum Gasteiger partial charge on any atom is -0.433 e. The van der Waals surface area contributed by atoms with Crippen LogP contribution in [0.25, 0.3) is 22.3 Å². The molecule has 11 rings (SSSR count). The first kappa shape index (κ1) is 56.6. The molecule has 0 amide bonds. The number of ether oxygens (including phenoxy) is 4. The van der Waals surface area contributed by atoms with Crippen molar-refractivity contribution in [3.8, 4) is 24.7 Å². The molecule has 79 heavy (non-hydrogen) atoms. The van der Waals surface area contributed by atoms with Gasteiger partial charge in [0.2, 0.25) is 11.9 Å². The zero-order valence-electron chi connectivity index (χ0n) is 45.2. The molecule has 8 atom stereocenters. The van der Waals surface area contributed by atoms with Crippen molar-refractivity contribution in [2.75, 3.05) is 63.9 Å². The number of aliphatic hydroxyl groups is 1. The molecular weight excluding hydrogens is 1010 g/mol. The lowest BCUT2D eigenvalue weighted by atomic mass is 9.99. The average Bonchev–Trinajstić information content (AvgIpc) is 4.46. The van der Waals surface area contributed by atoms with Gasteiger partial charge in [0.1, 0.15) is 25.2 Å². The van der Waals surface area contributed by atoms with Gasteiger partial charge >= 0.3 is 6.16 Å². The number of nitrogens with zero attached hydrogens (tertiary/aromatic N) is 9. The van der Waals surface area contributed by atoms with Gasteiger partial charge < -0.3 is 40.8 Å². The minimum atomic E-state index is -0.735. The fraction of sp³-hybridized carbons (Fsp3) is 0.526. The maximum absolute atomic E-state index is 12.7. The molecule has 5 aliphatic rings. The third kappa shape index (κ3) is 14.4. The number of hydrogen-bond donors (Lipinski definition) is 6. The molecule has 4 aromatic heterocycles. The number of anilines is 2. The van der Waals surface area contributed by atoms with Gasteiger partial charge in [0, 0.05) is 81.9 Å². The number of carbonyl (C=O) groups excluding carboxylic acids is 1. The molecule has 8 N–H and O–H groups in total. The van der Waals surface area contributed by atoms with E-state index >= 15 is 0 Å². The van der Waals surface area contributed by atoms with Crippen LogP contribution in [0, 0.1) is 24.7 Å². The number of nitrogen functional groups attached to an aromatic ring is 2. The number of fused-ring (bicyclic) bond motifs is 3. The number of benzene rings is 2. The molecule has 22 nitrogen and oxygen atoms in total. The van der Waals surface area contributed by atoms with Gasteiger partial charge in [-0.1, -0.05) is 62.8 Å². The van der Waals surface area contributed by atoms with Crippen molar-refractivity contribution in [2.45, 2.75) is 140 Å². The molecular formula is C57H74N14O8. The molecule has 9 heterocycles. The normalized spacial score (nSPS) is 24.2. The van der Waals surface area contributed by atoms with E-state index in [0.29, 0.717) is 43.1 Å². The zero-order valence-corrected chi connectivity index (χ0v) is 45.2. The third-order valence-corrected chi connectivity index (χ3v) is 15.5. The van der Waals surface area contributed by atoms with Crippen LogP contribution in [0.4, 0.5) is 16.7 Å². The molecule has 0 bridgehead atoms. The van der Waals surface area contributed by atoms with E-state index in [4.69, 9.17) is 43.3 Å². The Morgan fingerprint density at radius 3 is 2.00 bits per heavy atom. The summed E-state index contributed by atoms with van der Waals surface area (Å²) in [5.74, 6) is 5.35. The molecule has 0 saturated carbocycles. The van der Waals surface area contributed by atoms with E-state index in [2.05, 4.69) is 73.9 Å². The smallest absolute Gasteiger partial charge is 0.433 e. The molecule has 5 aliphatic heterocycles. The number of aromatic nitrogens is 8. The van der Waals surface area contributed by atoms with Crippen molar-refractivity contribution >= 4 is 40.4 Å². The number of piperazine rings is 1. The Labute approximate surface area is 459 Å². The predicted molar refractivity (Wildman–Crippen MR) is 299 cm³/mol. The zero-order chi connectivity index (χ0) is 55.4. The van der Waals surface area contributed by atoms with Gasteiger partial charge in [-0.05, 0) is 87.0 Å². The molecule has 5 fully saturated rings. The largest absolute Gasteiger partial charge is 0.508 e. The summed E-state index contributed by atoms with van der Waals surface area (Å²) in [6, 6.07) is 17.6. The number of H-pyrrole nitrogens is 2. The van der Waals surface area contributed by atoms with Gasteiger partial charge in [-0.3, -0.25) is 43.4 Å². The van der Waals surface area contributed by atoms with Crippen LogP contribution in [-0.4, -0.2) is 154 Å². The molecule has 22 heteroatoms. The first-order valence-electron chi connectivity index (χ1n) is 27.7. The van der Waals surface area contributed by atoms with Crippen LogP contribution in [0.15, 0.2) is 70.8 Å². The lowest BCUT2D eigenvalue weighted by molar-refractivity contribution is -0.0364. The molecule has 0 aliphatic carbocycles. The molecule has 6 aromatic rings. The second-order valence-corrected chi connectivity index (χ2v) is 20.9. The number of hydrogen-bond acceptors (Lipinski definition) is 18. The van der Waals surface area contributed by atoms with Gasteiger partial charge in [-0.25, -0.2) is 14.8 Å². The third-order valence-electron chi connectivity index (χ3n) is 15.5. The fourth-order valence-corrected chi connectivity index (χ4v) is 11.3. The molecule has 420 valence electrons. The molecule has 0 radical (unpaired) electrons. The average molecular weight is 1080 g/mol. The Morgan fingerprint density at radius 1 is 0.797 bits per heavy atom. The monoisotopic (exact) mass is 1080 g/mol. The maximum Gasteiger partial charge on any atom is 0.508 e. The summed E-state index contributed by atoms with van der Waals surface area (Å²) in [5.41, 5.74) is 15.9. The second kappa shape index (κ2) is 26.7. The molecule has 5 saturated heterocycles. The quantitative estimate of drug-likeness (QED) is 0.0640. The Bertz CT molecular complexity index is 3180. The van der Waals surface area contributed by atoms with Crippen LogP contribution < -0.4 is 27.9 Å². The molecule has 4 unspecified atom stereocenters. The number of nitrogens with one attached hydrogen (secondary N) is 3. The van der Waals surface area contributed by atoms with Crippen molar-refractivity contribution < 1.29 is 28.8 Å². The van der Waals surface area contributed by atoms with E-state index < -0.39 is 30.2 Å². The number of aromatic amines is 2. The summed E-state index contributed by atoms with van der Waals surface area (Å²) in [4.78, 5) is 65.4. The highest BCUT2D eigenvalue weighted by molar-refractivity contribution is 5.71. The van der Waals surface area contributed by atoms with Crippen LogP contribution in [0.5, 0.6) is 0 Å². The van der Waals surface area contributed by atoms with Crippen LogP contribution in [0.2, 0.25) is 0 Å². The highest BCUT2D eigenvalue weighted by Crippen LogP contribution is 2.35. The topological polar surface area (TPSA) is 275 Å². The van der Waals surface area contributed by atoms with Gasteiger partial charge in [-0.2, -0.15) is 9.97 Å². The number of imidazole rings is 2. The highest BCUT2D eigenvalue weighted by atomic mass is 16.7. The number of terminal acetylenes is 2. The number of rotatable bonds is 14. The van der Waals surface area contributed by atoms with Gasteiger partial charge in [0.05, 0.1) is 31.0 Å². The standard InChI is InChI=1S/C29H37N7O5.C17H22N2.C11H15N5O3/c1-3-19-8-10-20(11-9-19)16-35(17-21-7-5-6-12-31-21)13-14-39-29(38)41-23-15-24(40-22(23)4-2)36-18-32-25-26(36)33-28(30)34-27(25)37;1-2-15-6-8-16(9-7-15)13-18-11-12-19-10-4-3-5-17(19)14-18;1-2-6-5(17)3-7(19-6)16-4-13-8-9(16)14-11(12)15-10(8)18/h1,8-11,18,21-24,31H,4-7,12-17H2,2H3,(H3,30,33,34,37);1,6-9,17H,3-5,10-14H2;4-7,17H,2-3H2,1H3,(H3,12,14,15,18)/t21?,22-,23?,24-;;5?,6-,7-/m1.1/s1. The van der Waals surface area contributed by atoms with E-state index in [1.165, 1.54) is 76.5 Å².